The lowest BCUT2D eigenvalue weighted by molar-refractivity contribution is -0.147. The van der Waals surface area contributed by atoms with Crippen molar-refractivity contribution >= 4 is 41.6 Å². The van der Waals surface area contributed by atoms with Gasteiger partial charge in [-0.3, -0.25) is 4.79 Å². The zero-order valence-electron chi connectivity index (χ0n) is 10.0. The van der Waals surface area contributed by atoms with Gasteiger partial charge in [-0.05, 0) is 23.6 Å². The van der Waals surface area contributed by atoms with Gasteiger partial charge >= 0.3 is 5.97 Å². The van der Waals surface area contributed by atoms with Gasteiger partial charge < -0.3 is 10.5 Å². The molecule has 102 valence electrons. The van der Waals surface area contributed by atoms with Crippen molar-refractivity contribution in [3.63, 3.8) is 0 Å². The summed E-state index contributed by atoms with van der Waals surface area (Å²) >= 11 is 11.4. The van der Waals surface area contributed by atoms with Gasteiger partial charge in [0.15, 0.2) is 0 Å². The minimum Gasteiger partial charge on any atom is -0.460 e. The molecule has 0 aliphatic rings. The number of pyridine rings is 1. The third-order valence-electron chi connectivity index (χ3n) is 2.19. The third-order valence-corrected chi connectivity index (χ3v) is 2.58. The summed E-state index contributed by atoms with van der Waals surface area (Å²) in [4.78, 5) is 15.3. The number of ether oxygens (including phenoxy) is 1. The van der Waals surface area contributed by atoms with Gasteiger partial charge in [0.2, 0.25) is 0 Å². The number of rotatable bonds is 4. The van der Waals surface area contributed by atoms with Gasteiger partial charge in [-0.1, -0.05) is 37.0 Å². The molecular formula is C11H15Cl3N2O2. The van der Waals surface area contributed by atoms with Gasteiger partial charge in [0.1, 0.15) is 23.0 Å². The summed E-state index contributed by atoms with van der Waals surface area (Å²) in [5.41, 5.74) is 6.32. The Morgan fingerprint density at radius 3 is 2.33 bits per heavy atom. The molecule has 0 fully saturated rings. The number of hydrogen-bond donors (Lipinski definition) is 1. The van der Waals surface area contributed by atoms with Crippen LogP contribution in [0.1, 0.15) is 19.4 Å². The van der Waals surface area contributed by atoms with E-state index < -0.39 is 12.0 Å². The molecule has 0 aromatic carbocycles. The molecule has 0 amide bonds. The van der Waals surface area contributed by atoms with Gasteiger partial charge in [0.05, 0.1) is 0 Å². The van der Waals surface area contributed by atoms with E-state index in [0.717, 1.165) is 0 Å². The minimum atomic E-state index is -0.622. The highest BCUT2D eigenvalue weighted by Gasteiger charge is 2.18. The smallest absolute Gasteiger partial charge is 0.323 e. The van der Waals surface area contributed by atoms with Crippen molar-refractivity contribution in [3.8, 4) is 0 Å². The monoisotopic (exact) mass is 312 g/mol. The molecule has 1 rings (SSSR count). The average Bonchev–Trinajstić information content (AvgIpc) is 2.23. The Kier molecular flexibility index (Phi) is 7.55. The van der Waals surface area contributed by atoms with Gasteiger partial charge in [-0.2, -0.15) is 0 Å². The van der Waals surface area contributed by atoms with Crippen LogP contribution in [0, 0.1) is 5.92 Å². The number of esters is 1. The second-order valence-electron chi connectivity index (χ2n) is 4.00. The fourth-order valence-electron chi connectivity index (χ4n) is 1.12. The largest absolute Gasteiger partial charge is 0.460 e. The van der Waals surface area contributed by atoms with Crippen LogP contribution in [0.15, 0.2) is 12.1 Å². The van der Waals surface area contributed by atoms with Gasteiger partial charge in [0, 0.05) is 0 Å². The standard InChI is InChI=1S/C11H14Cl2N2O2.ClH/c1-6(2)10(14)11(16)17-5-7-3-8(12)15-9(13)4-7;/h3-4,6,10H,5,14H2,1-2H3;1H/t10-;/m0./s1. The van der Waals surface area contributed by atoms with Crippen LogP contribution in [-0.4, -0.2) is 17.0 Å². The van der Waals surface area contributed by atoms with Crippen molar-refractivity contribution in [3.05, 3.63) is 28.0 Å². The Labute approximate surface area is 122 Å². The van der Waals surface area contributed by atoms with Crippen molar-refractivity contribution < 1.29 is 9.53 Å². The maximum atomic E-state index is 11.5. The minimum absolute atomic E-state index is 0. The number of carbonyl (C=O) groups is 1. The molecule has 0 bridgehead atoms. The molecule has 1 atom stereocenters. The molecule has 0 unspecified atom stereocenters. The Bertz CT molecular complexity index is 393. The predicted molar refractivity (Wildman–Crippen MR) is 74.1 cm³/mol. The van der Waals surface area contributed by atoms with E-state index in [9.17, 15) is 4.79 Å². The highest BCUT2D eigenvalue weighted by Crippen LogP contribution is 2.15. The second kappa shape index (κ2) is 7.79. The van der Waals surface area contributed by atoms with E-state index >= 15 is 0 Å². The summed E-state index contributed by atoms with van der Waals surface area (Å²) in [7, 11) is 0. The Morgan fingerprint density at radius 2 is 1.89 bits per heavy atom. The number of nitrogens with zero attached hydrogens (tertiary/aromatic N) is 1. The highest BCUT2D eigenvalue weighted by atomic mass is 35.5. The number of nitrogens with two attached hydrogens (primary N) is 1. The molecule has 2 N–H and O–H groups in total. The van der Waals surface area contributed by atoms with Crippen LogP contribution in [-0.2, 0) is 16.1 Å². The lowest BCUT2D eigenvalue weighted by atomic mass is 10.1. The summed E-state index contributed by atoms with van der Waals surface area (Å²) in [5, 5.41) is 0.522. The number of halogens is 3. The first kappa shape index (κ1) is 17.4. The van der Waals surface area contributed by atoms with Crippen molar-refractivity contribution in [2.45, 2.75) is 26.5 Å². The molecule has 0 aliphatic carbocycles. The molecule has 0 saturated heterocycles. The van der Waals surface area contributed by atoms with Crippen molar-refractivity contribution in [2.24, 2.45) is 11.7 Å². The predicted octanol–water partition coefficient (Wildman–Crippen LogP) is 2.84. The molecule has 0 radical (unpaired) electrons. The van der Waals surface area contributed by atoms with Crippen LogP contribution in [0.4, 0.5) is 0 Å². The number of aromatic nitrogens is 1. The van der Waals surface area contributed by atoms with Gasteiger partial charge in [-0.25, -0.2) is 4.98 Å². The maximum Gasteiger partial charge on any atom is 0.323 e. The van der Waals surface area contributed by atoms with E-state index in [1.54, 1.807) is 12.1 Å². The van der Waals surface area contributed by atoms with E-state index in [4.69, 9.17) is 33.7 Å². The lowest BCUT2D eigenvalue weighted by Gasteiger charge is -2.14. The molecule has 4 nitrogen and oxygen atoms in total. The van der Waals surface area contributed by atoms with E-state index in [0.29, 0.717) is 5.56 Å². The molecule has 1 aromatic heterocycles. The first-order valence-electron chi connectivity index (χ1n) is 5.14. The van der Waals surface area contributed by atoms with E-state index in [2.05, 4.69) is 4.98 Å². The van der Waals surface area contributed by atoms with E-state index in [1.807, 2.05) is 13.8 Å². The summed E-state index contributed by atoms with van der Waals surface area (Å²) < 4.78 is 5.05. The second-order valence-corrected chi connectivity index (χ2v) is 4.77. The van der Waals surface area contributed by atoms with E-state index in [-0.39, 0.29) is 35.2 Å². The fraction of sp³-hybridized carbons (Fsp3) is 0.455. The quantitative estimate of drug-likeness (QED) is 0.685. The molecule has 0 saturated carbocycles. The Morgan fingerprint density at radius 1 is 1.39 bits per heavy atom. The van der Waals surface area contributed by atoms with Gasteiger partial charge in [-0.15, -0.1) is 12.4 Å². The topological polar surface area (TPSA) is 65.2 Å². The molecule has 1 aromatic rings. The highest BCUT2D eigenvalue weighted by molar-refractivity contribution is 6.32. The molecular weight excluding hydrogens is 298 g/mol. The third kappa shape index (κ3) is 5.40. The first-order valence-corrected chi connectivity index (χ1v) is 5.90. The SMILES string of the molecule is CC(C)[C@H](N)C(=O)OCc1cc(Cl)nc(Cl)c1.Cl. The zero-order chi connectivity index (χ0) is 13.0. The molecule has 0 spiro atoms. The van der Waals surface area contributed by atoms with Crippen molar-refractivity contribution in [1.82, 2.24) is 4.98 Å². The first-order chi connectivity index (χ1) is 7.90. The molecule has 0 aliphatic heterocycles. The Hall–Kier alpha value is -0.550. The molecule has 7 heteroatoms. The van der Waals surface area contributed by atoms with Gasteiger partial charge in [0.25, 0.3) is 0 Å². The van der Waals surface area contributed by atoms with E-state index in [1.165, 1.54) is 0 Å². The van der Waals surface area contributed by atoms with Crippen molar-refractivity contribution in [1.29, 1.82) is 0 Å². The van der Waals surface area contributed by atoms with Crippen LogP contribution in [0.2, 0.25) is 10.3 Å². The molecule has 18 heavy (non-hydrogen) atoms. The average molecular weight is 314 g/mol. The summed E-state index contributed by atoms with van der Waals surface area (Å²) in [5.74, 6) is -0.406. The van der Waals surface area contributed by atoms with Crippen LogP contribution < -0.4 is 5.73 Å². The fourth-order valence-corrected chi connectivity index (χ4v) is 1.63. The lowest BCUT2D eigenvalue weighted by Crippen LogP contribution is -2.36. The number of hydrogen-bond acceptors (Lipinski definition) is 4. The summed E-state index contributed by atoms with van der Waals surface area (Å²) in [6, 6.07) is 2.55. The maximum absolute atomic E-state index is 11.5. The number of carbonyl (C=O) groups excluding carboxylic acids is 1. The van der Waals surface area contributed by atoms with Crippen LogP contribution in [0.3, 0.4) is 0 Å². The van der Waals surface area contributed by atoms with Crippen LogP contribution in [0.25, 0.3) is 0 Å². The summed E-state index contributed by atoms with van der Waals surface area (Å²) in [6.07, 6.45) is 0. The van der Waals surface area contributed by atoms with Crippen molar-refractivity contribution in [2.75, 3.05) is 0 Å². The molecule has 1 heterocycles. The normalized spacial score (nSPS) is 11.9. The summed E-state index contributed by atoms with van der Waals surface area (Å²) in [6.45, 7) is 3.79. The van der Waals surface area contributed by atoms with Crippen LogP contribution >= 0.6 is 35.6 Å². The zero-order valence-corrected chi connectivity index (χ0v) is 12.4. The Balaban J connectivity index is 0.00000289. The van der Waals surface area contributed by atoms with Crippen LogP contribution in [0.5, 0.6) is 0 Å².